The third-order valence-electron chi connectivity index (χ3n) is 3.86. The first kappa shape index (κ1) is 15.4. The van der Waals surface area contributed by atoms with E-state index >= 15 is 0 Å². The predicted octanol–water partition coefficient (Wildman–Crippen LogP) is 3.53. The number of fused-ring (bicyclic) bond motifs is 1. The van der Waals surface area contributed by atoms with Crippen molar-refractivity contribution in [3.05, 3.63) is 45.6 Å². The van der Waals surface area contributed by atoms with Crippen LogP contribution in [-0.2, 0) is 4.74 Å². The van der Waals surface area contributed by atoms with Gasteiger partial charge in [-0.1, -0.05) is 6.07 Å². The molecular formula is C15H13FN4O2S2. The van der Waals surface area contributed by atoms with Gasteiger partial charge in [0.2, 0.25) is 4.77 Å². The van der Waals surface area contributed by atoms with Crippen molar-refractivity contribution in [2.75, 3.05) is 12.0 Å². The predicted molar refractivity (Wildman–Crippen MR) is 90.8 cm³/mol. The van der Waals surface area contributed by atoms with Crippen molar-refractivity contribution < 1.29 is 13.9 Å². The number of aromatic nitrogens is 3. The van der Waals surface area contributed by atoms with Crippen molar-refractivity contribution >= 4 is 39.5 Å². The minimum absolute atomic E-state index is 0.196. The molecule has 1 aliphatic heterocycles. The molecular weight excluding hydrogens is 351 g/mol. The summed E-state index contributed by atoms with van der Waals surface area (Å²) in [5.74, 6) is -0.173. The number of carbonyl (C=O) groups excluding carboxylic acids is 1. The van der Waals surface area contributed by atoms with Crippen molar-refractivity contribution in [3.8, 4) is 0 Å². The van der Waals surface area contributed by atoms with E-state index in [0.29, 0.717) is 22.7 Å². The molecule has 1 aliphatic rings. The van der Waals surface area contributed by atoms with E-state index in [1.54, 1.807) is 18.2 Å². The van der Waals surface area contributed by atoms with Gasteiger partial charge in [0.05, 0.1) is 4.88 Å². The molecule has 1 saturated heterocycles. The van der Waals surface area contributed by atoms with Gasteiger partial charge in [-0.15, -0.1) is 11.3 Å². The van der Waals surface area contributed by atoms with E-state index in [4.69, 9.17) is 17.0 Å². The molecule has 3 aromatic rings. The molecule has 2 N–H and O–H groups in total. The van der Waals surface area contributed by atoms with Crippen molar-refractivity contribution in [2.45, 2.75) is 18.9 Å². The first-order valence-electron chi connectivity index (χ1n) is 7.42. The van der Waals surface area contributed by atoms with Crippen LogP contribution in [-0.4, -0.2) is 27.4 Å². The summed E-state index contributed by atoms with van der Waals surface area (Å²) >= 11 is 6.40. The molecule has 0 spiro atoms. The summed E-state index contributed by atoms with van der Waals surface area (Å²) in [6.45, 7) is 0.661. The number of benzene rings is 1. The van der Waals surface area contributed by atoms with Crippen LogP contribution in [0.3, 0.4) is 0 Å². The summed E-state index contributed by atoms with van der Waals surface area (Å²) in [6.07, 6.45) is 1.57. The summed E-state index contributed by atoms with van der Waals surface area (Å²) in [4.78, 5) is 12.9. The largest absolute Gasteiger partial charge is 0.370 e. The van der Waals surface area contributed by atoms with Gasteiger partial charge in [-0.05, 0) is 43.3 Å². The molecule has 9 heteroatoms. The third kappa shape index (κ3) is 2.64. The highest BCUT2D eigenvalue weighted by Crippen LogP contribution is 2.29. The first-order chi connectivity index (χ1) is 11.6. The lowest BCUT2D eigenvalue weighted by molar-refractivity contribution is 0.0971. The minimum Gasteiger partial charge on any atom is -0.370 e. The normalized spacial score (nSPS) is 17.5. The van der Waals surface area contributed by atoms with Gasteiger partial charge < -0.3 is 4.74 Å². The average Bonchev–Trinajstić information content (AvgIpc) is 3.28. The SMILES string of the molecule is O=C(Nn1c(C2CCCO2)n[nH]c1=S)c1cc2c(F)cccc2s1. The van der Waals surface area contributed by atoms with Gasteiger partial charge >= 0.3 is 0 Å². The van der Waals surface area contributed by atoms with Gasteiger partial charge in [-0.3, -0.25) is 15.3 Å². The Balaban J connectivity index is 1.65. The summed E-state index contributed by atoms with van der Waals surface area (Å²) in [5.41, 5.74) is 2.72. The second-order valence-corrected chi connectivity index (χ2v) is 6.90. The maximum absolute atomic E-state index is 13.8. The van der Waals surface area contributed by atoms with E-state index < -0.39 is 0 Å². The van der Waals surface area contributed by atoms with Crippen LogP contribution in [0, 0.1) is 10.6 Å². The van der Waals surface area contributed by atoms with E-state index in [0.717, 1.165) is 17.5 Å². The number of hydrogen-bond donors (Lipinski definition) is 2. The minimum atomic E-state index is -0.368. The van der Waals surface area contributed by atoms with Crippen LogP contribution < -0.4 is 5.43 Å². The quantitative estimate of drug-likeness (QED) is 0.698. The van der Waals surface area contributed by atoms with Crippen LogP contribution in [0.25, 0.3) is 10.1 Å². The molecule has 1 fully saturated rings. The van der Waals surface area contributed by atoms with Gasteiger partial charge in [0.25, 0.3) is 5.91 Å². The summed E-state index contributed by atoms with van der Waals surface area (Å²) < 4.78 is 21.8. The maximum atomic E-state index is 13.8. The van der Waals surface area contributed by atoms with E-state index in [1.807, 2.05) is 0 Å². The highest BCUT2D eigenvalue weighted by molar-refractivity contribution is 7.71. The zero-order valence-corrected chi connectivity index (χ0v) is 14.0. The summed E-state index contributed by atoms with van der Waals surface area (Å²) in [5, 5.41) is 7.26. The first-order valence-corrected chi connectivity index (χ1v) is 8.64. The Labute approximate surface area is 145 Å². The molecule has 124 valence electrons. The molecule has 0 bridgehead atoms. The highest BCUT2D eigenvalue weighted by atomic mass is 32.1. The lowest BCUT2D eigenvalue weighted by Crippen LogP contribution is -2.25. The molecule has 3 heterocycles. The van der Waals surface area contributed by atoms with Gasteiger partial charge in [-0.25, -0.2) is 9.07 Å². The zero-order chi connectivity index (χ0) is 16.7. The number of H-pyrrole nitrogens is 1. The Hall–Kier alpha value is -2.10. The lowest BCUT2D eigenvalue weighted by atomic mass is 10.2. The number of halogens is 1. The molecule has 2 aromatic heterocycles. The third-order valence-corrected chi connectivity index (χ3v) is 5.23. The number of amides is 1. The topological polar surface area (TPSA) is 71.9 Å². The van der Waals surface area contributed by atoms with Crippen LogP contribution in [0.4, 0.5) is 4.39 Å². The molecule has 24 heavy (non-hydrogen) atoms. The smallest absolute Gasteiger partial charge is 0.280 e. The molecule has 6 nitrogen and oxygen atoms in total. The van der Waals surface area contributed by atoms with Crippen LogP contribution in [0.15, 0.2) is 24.3 Å². The molecule has 1 atom stereocenters. The van der Waals surface area contributed by atoms with Crippen molar-refractivity contribution in [3.63, 3.8) is 0 Å². The Bertz CT molecular complexity index is 971. The molecule has 0 radical (unpaired) electrons. The van der Waals surface area contributed by atoms with Crippen LogP contribution in [0.2, 0.25) is 0 Å². The Morgan fingerprint density at radius 1 is 1.54 bits per heavy atom. The van der Waals surface area contributed by atoms with Crippen LogP contribution >= 0.6 is 23.6 Å². The monoisotopic (exact) mass is 364 g/mol. The number of hydrogen-bond acceptors (Lipinski definition) is 5. The molecule has 1 unspecified atom stereocenters. The number of thiophene rings is 1. The fraction of sp³-hybridized carbons (Fsp3) is 0.267. The van der Waals surface area contributed by atoms with Gasteiger partial charge in [0.15, 0.2) is 5.82 Å². The van der Waals surface area contributed by atoms with Crippen LogP contribution in [0.1, 0.15) is 34.4 Å². The number of carbonyl (C=O) groups is 1. The van der Waals surface area contributed by atoms with Crippen molar-refractivity contribution in [1.82, 2.24) is 14.9 Å². The Kier molecular flexibility index (Phi) is 3.91. The number of ether oxygens (including phenoxy) is 1. The van der Waals surface area contributed by atoms with Crippen molar-refractivity contribution in [1.29, 1.82) is 0 Å². The molecule has 4 rings (SSSR count). The number of nitrogens with one attached hydrogen (secondary N) is 2. The molecule has 0 aliphatic carbocycles. The summed E-state index contributed by atoms with van der Waals surface area (Å²) in [6, 6.07) is 6.32. The van der Waals surface area contributed by atoms with E-state index in [1.165, 1.54) is 22.1 Å². The Morgan fingerprint density at radius 3 is 3.17 bits per heavy atom. The van der Waals surface area contributed by atoms with Crippen LogP contribution in [0.5, 0.6) is 0 Å². The zero-order valence-electron chi connectivity index (χ0n) is 12.4. The molecule has 1 amide bonds. The average molecular weight is 364 g/mol. The van der Waals surface area contributed by atoms with E-state index in [2.05, 4.69) is 15.6 Å². The van der Waals surface area contributed by atoms with Gasteiger partial charge in [0.1, 0.15) is 11.9 Å². The van der Waals surface area contributed by atoms with E-state index in [9.17, 15) is 9.18 Å². The highest BCUT2D eigenvalue weighted by Gasteiger charge is 2.25. The van der Waals surface area contributed by atoms with E-state index in [-0.39, 0.29) is 22.6 Å². The second-order valence-electron chi connectivity index (χ2n) is 5.43. The fourth-order valence-electron chi connectivity index (χ4n) is 2.71. The van der Waals surface area contributed by atoms with Gasteiger partial charge in [0, 0.05) is 16.7 Å². The number of rotatable bonds is 3. The fourth-order valence-corrected chi connectivity index (χ4v) is 3.86. The maximum Gasteiger partial charge on any atom is 0.280 e. The van der Waals surface area contributed by atoms with Crippen molar-refractivity contribution in [2.24, 2.45) is 0 Å². The van der Waals surface area contributed by atoms with Gasteiger partial charge in [-0.2, -0.15) is 5.10 Å². The number of aromatic amines is 1. The standard InChI is InChI=1S/C15H13FN4O2S2/c16-9-3-1-5-11-8(9)7-12(24-11)14(21)19-20-13(17-18-15(20)23)10-4-2-6-22-10/h1,3,5,7,10H,2,4,6H2,(H,18,23)(H,19,21). The molecule has 0 saturated carbocycles. The lowest BCUT2D eigenvalue weighted by Gasteiger charge is -2.11. The Morgan fingerprint density at radius 2 is 2.42 bits per heavy atom. The summed E-state index contributed by atoms with van der Waals surface area (Å²) in [7, 11) is 0. The number of nitrogens with zero attached hydrogens (tertiary/aromatic N) is 2. The molecule has 1 aromatic carbocycles. The second kappa shape index (κ2) is 6.08.